The average molecular weight is 198 g/mol. The summed E-state index contributed by atoms with van der Waals surface area (Å²) in [5.41, 5.74) is -1.17. The first-order valence-corrected chi connectivity index (χ1v) is 4.62. The van der Waals surface area contributed by atoms with Gasteiger partial charge in [0.2, 0.25) is 0 Å². The van der Waals surface area contributed by atoms with Gasteiger partial charge < -0.3 is 4.74 Å². The van der Waals surface area contributed by atoms with Gasteiger partial charge in [0.1, 0.15) is 17.0 Å². The van der Waals surface area contributed by atoms with Gasteiger partial charge in [0.15, 0.2) is 0 Å². The molecule has 0 unspecified atom stereocenters. The Morgan fingerprint density at radius 1 is 1.36 bits per heavy atom. The molecule has 1 aliphatic carbocycles. The van der Waals surface area contributed by atoms with Gasteiger partial charge in [-0.2, -0.15) is 0 Å². The van der Waals surface area contributed by atoms with Crippen LogP contribution < -0.4 is 0 Å². The predicted molar refractivity (Wildman–Crippen MR) is 48.6 cm³/mol. The maximum atomic E-state index is 11.5. The van der Waals surface area contributed by atoms with Crippen LogP contribution in [0.4, 0.5) is 0 Å². The van der Waals surface area contributed by atoms with Gasteiger partial charge >= 0.3 is 5.97 Å². The highest BCUT2D eigenvalue weighted by atomic mass is 16.5. The molecule has 0 N–H and O–H groups in total. The van der Waals surface area contributed by atoms with E-state index in [-0.39, 0.29) is 30.5 Å². The minimum absolute atomic E-state index is 0.00782. The van der Waals surface area contributed by atoms with Crippen molar-refractivity contribution in [3.8, 4) is 0 Å². The van der Waals surface area contributed by atoms with Gasteiger partial charge in [-0.05, 0) is 20.8 Å². The predicted octanol–water partition coefficient (Wildman–Crippen LogP) is 0.876. The molecule has 1 aliphatic rings. The highest BCUT2D eigenvalue weighted by molar-refractivity contribution is 6.13. The van der Waals surface area contributed by atoms with Crippen LogP contribution in [0.3, 0.4) is 0 Å². The van der Waals surface area contributed by atoms with Crippen molar-refractivity contribution < 1.29 is 19.1 Å². The van der Waals surface area contributed by atoms with Gasteiger partial charge in [0, 0.05) is 12.8 Å². The fraction of sp³-hybridized carbons (Fsp3) is 0.700. The van der Waals surface area contributed by atoms with Crippen molar-refractivity contribution in [2.75, 3.05) is 0 Å². The molecule has 4 heteroatoms. The third-order valence-electron chi connectivity index (χ3n) is 2.41. The summed E-state index contributed by atoms with van der Waals surface area (Å²) in [4.78, 5) is 33.7. The molecule has 1 fully saturated rings. The molecule has 4 nitrogen and oxygen atoms in total. The zero-order valence-corrected chi connectivity index (χ0v) is 8.62. The minimum atomic E-state index is -1.17. The zero-order valence-electron chi connectivity index (χ0n) is 8.62. The maximum Gasteiger partial charge on any atom is 0.320 e. The quantitative estimate of drug-likeness (QED) is 0.499. The number of hydrogen-bond donors (Lipinski definition) is 0. The van der Waals surface area contributed by atoms with Crippen molar-refractivity contribution >= 4 is 17.5 Å². The highest BCUT2D eigenvalue weighted by Crippen LogP contribution is 2.40. The first-order chi connectivity index (χ1) is 6.38. The number of carbonyl (C=O) groups excluding carboxylic acids is 3. The Bertz CT molecular complexity index is 282. The summed E-state index contributed by atoms with van der Waals surface area (Å²) in [6, 6.07) is 0. The van der Waals surface area contributed by atoms with Crippen LogP contribution >= 0.6 is 0 Å². The Hall–Kier alpha value is -1.19. The van der Waals surface area contributed by atoms with Gasteiger partial charge in [-0.1, -0.05) is 0 Å². The van der Waals surface area contributed by atoms with E-state index in [9.17, 15) is 14.4 Å². The first kappa shape index (κ1) is 10.9. The van der Waals surface area contributed by atoms with Crippen LogP contribution in [0.2, 0.25) is 0 Å². The van der Waals surface area contributed by atoms with Crippen molar-refractivity contribution in [3.63, 3.8) is 0 Å². The molecule has 0 amide bonds. The molecule has 1 saturated carbocycles. The number of rotatable bonds is 3. The lowest BCUT2D eigenvalue weighted by atomic mass is 9.65. The molecule has 0 aromatic heterocycles. The second kappa shape index (κ2) is 3.52. The van der Waals surface area contributed by atoms with E-state index in [1.807, 2.05) is 0 Å². The van der Waals surface area contributed by atoms with Crippen LogP contribution in [0.5, 0.6) is 0 Å². The average Bonchev–Trinajstić information content (AvgIpc) is 1.95. The van der Waals surface area contributed by atoms with E-state index in [2.05, 4.69) is 0 Å². The first-order valence-electron chi connectivity index (χ1n) is 4.62. The highest BCUT2D eigenvalue weighted by Gasteiger charge is 2.55. The zero-order chi connectivity index (χ0) is 10.9. The minimum Gasteiger partial charge on any atom is -0.462 e. The van der Waals surface area contributed by atoms with Crippen molar-refractivity contribution in [2.24, 2.45) is 5.41 Å². The number of carbonyl (C=O) groups is 3. The number of hydrogen-bond acceptors (Lipinski definition) is 4. The van der Waals surface area contributed by atoms with E-state index in [0.29, 0.717) is 0 Å². The van der Waals surface area contributed by atoms with Gasteiger partial charge in [-0.25, -0.2) is 0 Å². The molecule has 0 aromatic rings. The standard InChI is InChI=1S/C10H14O4/c1-6(2)14-9(13)10(7(3)11)4-8(12)5-10/h6H,4-5H2,1-3H3. The van der Waals surface area contributed by atoms with Gasteiger partial charge in [0.25, 0.3) is 0 Å². The van der Waals surface area contributed by atoms with Gasteiger partial charge in [-0.3, -0.25) is 14.4 Å². The number of ketones is 2. The van der Waals surface area contributed by atoms with Gasteiger partial charge in [0.05, 0.1) is 6.10 Å². The lowest BCUT2D eigenvalue weighted by molar-refractivity contribution is -0.172. The molecule has 14 heavy (non-hydrogen) atoms. The summed E-state index contributed by atoms with van der Waals surface area (Å²) in [6.07, 6.45) is -0.240. The van der Waals surface area contributed by atoms with Crippen LogP contribution in [0.1, 0.15) is 33.6 Å². The molecule has 0 atom stereocenters. The second-order valence-corrected chi connectivity index (χ2v) is 3.98. The van der Waals surface area contributed by atoms with E-state index in [1.54, 1.807) is 13.8 Å². The Labute approximate surface area is 82.6 Å². The largest absolute Gasteiger partial charge is 0.462 e. The number of ether oxygens (including phenoxy) is 1. The second-order valence-electron chi connectivity index (χ2n) is 3.98. The SMILES string of the molecule is CC(=O)C1(C(=O)OC(C)C)CC(=O)C1. The number of esters is 1. The summed E-state index contributed by atoms with van der Waals surface area (Å²) >= 11 is 0. The fourth-order valence-electron chi connectivity index (χ4n) is 1.49. The maximum absolute atomic E-state index is 11.5. The molecule has 0 bridgehead atoms. The molecule has 0 aromatic carbocycles. The molecule has 0 aliphatic heterocycles. The Balaban J connectivity index is 2.75. The van der Waals surface area contributed by atoms with Crippen molar-refractivity contribution in [3.05, 3.63) is 0 Å². The topological polar surface area (TPSA) is 60.4 Å². The van der Waals surface area contributed by atoms with Gasteiger partial charge in [-0.15, -0.1) is 0 Å². The third kappa shape index (κ3) is 1.69. The summed E-state index contributed by atoms with van der Waals surface area (Å²) < 4.78 is 4.96. The van der Waals surface area contributed by atoms with Crippen LogP contribution in [0, 0.1) is 5.41 Å². The van der Waals surface area contributed by atoms with Crippen molar-refractivity contribution in [1.29, 1.82) is 0 Å². The van der Waals surface area contributed by atoms with E-state index in [4.69, 9.17) is 4.74 Å². The summed E-state index contributed by atoms with van der Waals surface area (Å²) in [6.45, 7) is 4.76. The van der Waals surface area contributed by atoms with E-state index < -0.39 is 11.4 Å². The lowest BCUT2D eigenvalue weighted by Crippen LogP contribution is -2.50. The smallest absolute Gasteiger partial charge is 0.320 e. The normalized spacial score (nSPS) is 19.0. The van der Waals surface area contributed by atoms with E-state index in [1.165, 1.54) is 6.92 Å². The Morgan fingerprint density at radius 3 is 2.14 bits per heavy atom. The molecular formula is C10H14O4. The van der Waals surface area contributed by atoms with Crippen molar-refractivity contribution in [2.45, 2.75) is 39.7 Å². The molecular weight excluding hydrogens is 184 g/mol. The van der Waals surface area contributed by atoms with Crippen LogP contribution in [0.15, 0.2) is 0 Å². The van der Waals surface area contributed by atoms with Crippen LogP contribution in [-0.4, -0.2) is 23.6 Å². The van der Waals surface area contributed by atoms with Crippen LogP contribution in [0.25, 0.3) is 0 Å². The molecule has 0 radical (unpaired) electrons. The molecule has 0 saturated heterocycles. The Kier molecular flexibility index (Phi) is 2.73. The summed E-state index contributed by atoms with van der Waals surface area (Å²) in [5, 5.41) is 0. The molecule has 78 valence electrons. The van der Waals surface area contributed by atoms with E-state index in [0.717, 1.165) is 0 Å². The monoisotopic (exact) mass is 198 g/mol. The van der Waals surface area contributed by atoms with Crippen molar-refractivity contribution in [1.82, 2.24) is 0 Å². The van der Waals surface area contributed by atoms with E-state index >= 15 is 0 Å². The van der Waals surface area contributed by atoms with Crippen LogP contribution in [-0.2, 0) is 19.1 Å². The molecule has 0 spiro atoms. The lowest BCUT2D eigenvalue weighted by Gasteiger charge is -2.35. The summed E-state index contributed by atoms with van der Waals surface area (Å²) in [5.74, 6) is -0.886. The Morgan fingerprint density at radius 2 is 1.86 bits per heavy atom. The molecule has 1 rings (SSSR count). The fourth-order valence-corrected chi connectivity index (χ4v) is 1.49. The number of Topliss-reactive ketones (excluding diaryl/α,β-unsaturated/α-hetero) is 2. The molecule has 0 heterocycles. The summed E-state index contributed by atoms with van der Waals surface area (Å²) in [7, 11) is 0. The third-order valence-corrected chi connectivity index (χ3v) is 2.41.